The summed E-state index contributed by atoms with van der Waals surface area (Å²) >= 11 is 0. The molecule has 0 aliphatic carbocycles. The Labute approximate surface area is 138 Å². The zero-order valence-corrected chi connectivity index (χ0v) is 14.8. The molecule has 0 spiro atoms. The Balaban J connectivity index is 2.19. The van der Waals surface area contributed by atoms with Crippen molar-refractivity contribution in [3.63, 3.8) is 0 Å². The fourth-order valence-electron chi connectivity index (χ4n) is 2.77. The van der Waals surface area contributed by atoms with Crippen LogP contribution in [0.2, 0.25) is 0 Å². The van der Waals surface area contributed by atoms with Gasteiger partial charge in [0.2, 0.25) is 10.0 Å². The fraction of sp³-hybridized carbons (Fsp3) is 0.562. The summed E-state index contributed by atoms with van der Waals surface area (Å²) in [6.45, 7) is 3.57. The van der Waals surface area contributed by atoms with Gasteiger partial charge in [-0.2, -0.15) is 0 Å². The van der Waals surface area contributed by atoms with E-state index >= 15 is 0 Å². The zero-order valence-electron chi connectivity index (χ0n) is 13.9. The van der Waals surface area contributed by atoms with Crippen LogP contribution < -0.4 is 5.32 Å². The maximum atomic E-state index is 12.5. The molecular formula is C16H25N3O3S. The number of nitrogens with one attached hydrogen (secondary N) is 1. The monoisotopic (exact) mass is 339 g/mol. The molecule has 128 valence electrons. The van der Waals surface area contributed by atoms with Gasteiger partial charge in [0.15, 0.2) is 0 Å². The van der Waals surface area contributed by atoms with Gasteiger partial charge in [-0.15, -0.1) is 0 Å². The lowest BCUT2D eigenvalue weighted by atomic mass is 9.96. The van der Waals surface area contributed by atoms with E-state index in [4.69, 9.17) is 0 Å². The highest BCUT2D eigenvalue weighted by molar-refractivity contribution is 7.89. The average Bonchev–Trinajstić information content (AvgIpc) is 2.55. The third kappa shape index (κ3) is 4.03. The number of likely N-dealkylation sites (tertiary alicyclic amines) is 1. The molecule has 0 radical (unpaired) electrons. The lowest BCUT2D eigenvalue weighted by Crippen LogP contribution is -2.42. The molecule has 0 bridgehead atoms. The fourth-order valence-corrected chi connectivity index (χ4v) is 3.81. The number of rotatable bonds is 4. The number of para-hydroxylation sites is 1. The van der Waals surface area contributed by atoms with Gasteiger partial charge in [-0.3, -0.25) is 0 Å². The minimum Gasteiger partial charge on any atom is -0.324 e. The first-order valence-electron chi connectivity index (χ1n) is 7.93. The molecule has 0 saturated carbocycles. The predicted molar refractivity (Wildman–Crippen MR) is 90.9 cm³/mol. The van der Waals surface area contributed by atoms with Crippen LogP contribution in [0.5, 0.6) is 0 Å². The molecule has 1 saturated heterocycles. The van der Waals surface area contributed by atoms with Crippen molar-refractivity contribution in [2.45, 2.75) is 31.1 Å². The largest absolute Gasteiger partial charge is 0.324 e. The first-order chi connectivity index (χ1) is 10.9. The second kappa shape index (κ2) is 7.31. The van der Waals surface area contributed by atoms with Crippen molar-refractivity contribution in [2.75, 3.05) is 32.5 Å². The highest BCUT2D eigenvalue weighted by Gasteiger charge is 2.25. The molecule has 1 aliphatic rings. The molecule has 1 atom stereocenters. The maximum absolute atomic E-state index is 12.5. The third-order valence-corrected chi connectivity index (χ3v) is 6.14. The van der Waals surface area contributed by atoms with Crippen LogP contribution in [-0.4, -0.2) is 50.8 Å². The number of piperidine rings is 1. The standard InChI is InChI=1S/C16H25N3O3S/c1-4-13-8-7-11-19(12-13)16(20)17-14-9-5-6-10-15(14)23(21,22)18(2)3/h5-6,9-10,13H,4,7-8,11-12H2,1-3H3,(H,17,20)/t13-/m0/s1. The molecule has 0 aromatic heterocycles. The van der Waals surface area contributed by atoms with Crippen LogP contribution >= 0.6 is 0 Å². The topological polar surface area (TPSA) is 69.7 Å². The molecule has 0 unspecified atom stereocenters. The van der Waals surface area contributed by atoms with Gasteiger partial charge in [0.25, 0.3) is 0 Å². The van der Waals surface area contributed by atoms with Crippen LogP contribution in [0.15, 0.2) is 29.2 Å². The number of amides is 2. The Morgan fingerprint density at radius 1 is 1.35 bits per heavy atom. The van der Waals surface area contributed by atoms with Gasteiger partial charge in [-0.25, -0.2) is 17.5 Å². The number of hydrogen-bond acceptors (Lipinski definition) is 3. The highest BCUT2D eigenvalue weighted by Crippen LogP contribution is 2.25. The number of urea groups is 1. The minimum atomic E-state index is -3.60. The highest BCUT2D eigenvalue weighted by atomic mass is 32.2. The summed E-state index contributed by atoms with van der Waals surface area (Å²) in [6.07, 6.45) is 3.19. The molecule has 1 heterocycles. The van der Waals surface area contributed by atoms with Crippen molar-refractivity contribution in [1.29, 1.82) is 0 Å². The van der Waals surface area contributed by atoms with Gasteiger partial charge in [-0.1, -0.05) is 25.5 Å². The average molecular weight is 339 g/mol. The van der Waals surface area contributed by atoms with Crippen LogP contribution in [0, 0.1) is 5.92 Å². The number of sulfonamides is 1. The number of hydrogen-bond donors (Lipinski definition) is 1. The molecule has 6 nitrogen and oxygen atoms in total. The Morgan fingerprint density at radius 3 is 2.70 bits per heavy atom. The Morgan fingerprint density at radius 2 is 2.04 bits per heavy atom. The van der Waals surface area contributed by atoms with Crippen LogP contribution in [-0.2, 0) is 10.0 Å². The first-order valence-corrected chi connectivity index (χ1v) is 9.37. The van der Waals surface area contributed by atoms with Crippen LogP contribution in [0.4, 0.5) is 10.5 Å². The van der Waals surface area contributed by atoms with Gasteiger partial charge < -0.3 is 10.2 Å². The van der Waals surface area contributed by atoms with Crippen molar-refractivity contribution < 1.29 is 13.2 Å². The molecule has 2 rings (SSSR count). The Hall–Kier alpha value is -1.60. The molecule has 2 amide bonds. The summed E-state index contributed by atoms with van der Waals surface area (Å²) in [5.74, 6) is 0.523. The van der Waals surface area contributed by atoms with Gasteiger partial charge >= 0.3 is 6.03 Å². The molecule has 1 fully saturated rings. The van der Waals surface area contributed by atoms with E-state index in [1.807, 2.05) is 0 Å². The van der Waals surface area contributed by atoms with E-state index in [2.05, 4.69) is 12.2 Å². The summed E-state index contributed by atoms with van der Waals surface area (Å²) in [5.41, 5.74) is 0.324. The van der Waals surface area contributed by atoms with Crippen molar-refractivity contribution in [1.82, 2.24) is 9.21 Å². The minimum absolute atomic E-state index is 0.113. The van der Waals surface area contributed by atoms with Crippen molar-refractivity contribution >= 4 is 21.7 Å². The van der Waals surface area contributed by atoms with Crippen LogP contribution in [0.25, 0.3) is 0 Å². The van der Waals surface area contributed by atoms with Gasteiger partial charge in [-0.05, 0) is 30.9 Å². The Kier molecular flexibility index (Phi) is 5.64. The predicted octanol–water partition coefficient (Wildman–Crippen LogP) is 2.59. The first kappa shape index (κ1) is 17.7. The van der Waals surface area contributed by atoms with E-state index in [1.165, 1.54) is 20.2 Å². The molecule has 1 N–H and O–H groups in total. The van der Waals surface area contributed by atoms with Gasteiger partial charge in [0.1, 0.15) is 4.90 Å². The smallest absolute Gasteiger partial charge is 0.321 e. The van der Waals surface area contributed by atoms with Crippen molar-refractivity contribution in [2.24, 2.45) is 5.92 Å². The SMILES string of the molecule is CC[C@H]1CCCN(C(=O)Nc2ccccc2S(=O)(=O)N(C)C)C1. The van der Waals surface area contributed by atoms with E-state index in [-0.39, 0.29) is 10.9 Å². The maximum Gasteiger partial charge on any atom is 0.321 e. The van der Waals surface area contributed by atoms with E-state index in [9.17, 15) is 13.2 Å². The summed E-state index contributed by atoms with van der Waals surface area (Å²) in [4.78, 5) is 14.4. The lowest BCUT2D eigenvalue weighted by molar-refractivity contribution is 0.176. The second-order valence-corrected chi connectivity index (χ2v) is 8.20. The zero-order chi connectivity index (χ0) is 17.0. The van der Waals surface area contributed by atoms with Crippen LogP contribution in [0.1, 0.15) is 26.2 Å². The number of carbonyl (C=O) groups is 1. The Bertz CT molecular complexity index is 658. The summed E-state index contributed by atoms with van der Waals surface area (Å²) in [7, 11) is -0.646. The van der Waals surface area contributed by atoms with E-state index in [0.717, 1.165) is 30.1 Å². The summed E-state index contributed by atoms with van der Waals surface area (Å²) in [5, 5.41) is 2.77. The normalized spacial score (nSPS) is 19.0. The van der Waals surface area contributed by atoms with E-state index in [1.54, 1.807) is 23.1 Å². The number of benzene rings is 1. The van der Waals surface area contributed by atoms with Gasteiger partial charge in [0.05, 0.1) is 5.69 Å². The number of nitrogens with zero attached hydrogens (tertiary/aromatic N) is 2. The summed E-state index contributed by atoms with van der Waals surface area (Å²) in [6, 6.07) is 6.27. The second-order valence-electron chi connectivity index (χ2n) is 6.08. The summed E-state index contributed by atoms with van der Waals surface area (Å²) < 4.78 is 25.9. The van der Waals surface area contributed by atoms with Crippen molar-refractivity contribution in [3.8, 4) is 0 Å². The van der Waals surface area contributed by atoms with E-state index < -0.39 is 10.0 Å². The molecule has 23 heavy (non-hydrogen) atoms. The quantitative estimate of drug-likeness (QED) is 0.916. The lowest BCUT2D eigenvalue weighted by Gasteiger charge is -2.32. The third-order valence-electron chi connectivity index (χ3n) is 4.27. The van der Waals surface area contributed by atoms with E-state index in [0.29, 0.717) is 18.2 Å². The number of anilines is 1. The number of carbonyl (C=O) groups excluding carboxylic acids is 1. The molecule has 1 aromatic carbocycles. The van der Waals surface area contributed by atoms with Crippen LogP contribution in [0.3, 0.4) is 0 Å². The molecule has 7 heteroatoms. The molecule has 1 aromatic rings. The van der Waals surface area contributed by atoms with Gasteiger partial charge in [0, 0.05) is 27.2 Å². The molecular weight excluding hydrogens is 314 g/mol. The van der Waals surface area contributed by atoms with Crippen molar-refractivity contribution in [3.05, 3.63) is 24.3 Å². The molecule has 1 aliphatic heterocycles.